The number of rotatable bonds is 1. The van der Waals surface area contributed by atoms with Crippen molar-refractivity contribution >= 4 is 29.0 Å². The normalized spacial score (nSPS) is 21.1. The van der Waals surface area contributed by atoms with E-state index in [9.17, 15) is 4.79 Å². The minimum Gasteiger partial charge on any atom is -0.393 e. The number of anilines is 2. The van der Waals surface area contributed by atoms with Crippen molar-refractivity contribution in [3.8, 4) is 0 Å². The average Bonchev–Trinajstić information content (AvgIpc) is 2.50. The van der Waals surface area contributed by atoms with E-state index in [0.717, 1.165) is 0 Å². The highest BCUT2D eigenvalue weighted by atomic mass is 35.5. The van der Waals surface area contributed by atoms with Crippen molar-refractivity contribution < 1.29 is 4.79 Å². The zero-order valence-electron chi connectivity index (χ0n) is 7.85. The van der Waals surface area contributed by atoms with Gasteiger partial charge in [0.25, 0.3) is 0 Å². The highest BCUT2D eigenvalue weighted by Gasteiger charge is 2.30. The molecule has 6 nitrogen and oxygen atoms in total. The first-order chi connectivity index (χ1) is 7.09. The number of nitrogens with two attached hydrogens (primary N) is 2. The summed E-state index contributed by atoms with van der Waals surface area (Å²) in [6.07, 6.45) is 1.58. The molecule has 80 valence electrons. The largest absolute Gasteiger partial charge is 0.393 e. The maximum Gasteiger partial charge on any atom is 0.229 e. The van der Waals surface area contributed by atoms with E-state index in [1.165, 1.54) is 11.2 Å². The summed E-state index contributed by atoms with van der Waals surface area (Å²) >= 11 is 5.73. The van der Waals surface area contributed by atoms with Crippen LogP contribution in [0.4, 0.5) is 11.5 Å². The van der Waals surface area contributed by atoms with Gasteiger partial charge in [0.2, 0.25) is 5.91 Å². The Kier molecular flexibility index (Phi) is 2.45. The van der Waals surface area contributed by atoms with Crippen LogP contribution in [0.15, 0.2) is 6.33 Å². The number of hydrogen-bond acceptors (Lipinski definition) is 5. The summed E-state index contributed by atoms with van der Waals surface area (Å²) in [7, 11) is 0. The van der Waals surface area contributed by atoms with Gasteiger partial charge in [-0.05, 0) is 0 Å². The Morgan fingerprint density at radius 3 is 2.87 bits per heavy atom. The standard InChI is InChI=1S/C8H10ClN5O/c9-7-6(11)8(13-3-12-7)14-2-4(10)1-5(14)15/h3-4H,1-2,10-11H2. The van der Waals surface area contributed by atoms with Crippen LogP contribution in [0.25, 0.3) is 0 Å². The lowest BCUT2D eigenvalue weighted by atomic mass is 10.3. The number of hydrogen-bond donors (Lipinski definition) is 2. The second kappa shape index (κ2) is 3.63. The summed E-state index contributed by atoms with van der Waals surface area (Å²) in [6, 6.07) is -0.175. The van der Waals surface area contributed by atoms with E-state index >= 15 is 0 Å². The zero-order valence-corrected chi connectivity index (χ0v) is 8.61. The van der Waals surface area contributed by atoms with Crippen molar-refractivity contribution in [3.05, 3.63) is 11.5 Å². The number of aromatic nitrogens is 2. The lowest BCUT2D eigenvalue weighted by Crippen LogP contribution is -2.29. The van der Waals surface area contributed by atoms with Gasteiger partial charge in [-0.1, -0.05) is 11.6 Å². The second-order valence-corrected chi connectivity index (χ2v) is 3.73. The topological polar surface area (TPSA) is 98.1 Å². The molecular formula is C8H10ClN5O. The quantitative estimate of drug-likeness (QED) is 0.646. The monoisotopic (exact) mass is 227 g/mol. The van der Waals surface area contributed by atoms with Gasteiger partial charge in [0.05, 0.1) is 0 Å². The molecule has 1 fully saturated rings. The molecule has 0 aliphatic carbocycles. The fourth-order valence-electron chi connectivity index (χ4n) is 1.52. The highest BCUT2D eigenvalue weighted by molar-refractivity contribution is 6.32. The van der Waals surface area contributed by atoms with Crippen molar-refractivity contribution in [1.29, 1.82) is 0 Å². The van der Waals surface area contributed by atoms with Crippen molar-refractivity contribution in [2.45, 2.75) is 12.5 Å². The van der Waals surface area contributed by atoms with Crippen LogP contribution < -0.4 is 16.4 Å². The lowest BCUT2D eigenvalue weighted by Gasteiger charge is -2.16. The number of nitrogen functional groups attached to an aromatic ring is 1. The predicted octanol–water partition coefficient (Wildman–Crippen LogP) is -0.224. The average molecular weight is 228 g/mol. The van der Waals surface area contributed by atoms with Gasteiger partial charge in [0.15, 0.2) is 11.0 Å². The van der Waals surface area contributed by atoms with Crippen LogP contribution >= 0.6 is 11.6 Å². The molecule has 1 atom stereocenters. The summed E-state index contributed by atoms with van der Waals surface area (Å²) in [5.74, 6) is 0.247. The first-order valence-electron chi connectivity index (χ1n) is 4.41. The third-order valence-electron chi connectivity index (χ3n) is 2.22. The van der Waals surface area contributed by atoms with E-state index in [0.29, 0.717) is 18.8 Å². The first-order valence-corrected chi connectivity index (χ1v) is 4.79. The fourth-order valence-corrected chi connectivity index (χ4v) is 1.65. The molecule has 1 amide bonds. The van der Waals surface area contributed by atoms with Gasteiger partial charge in [-0.25, -0.2) is 9.97 Å². The number of halogens is 1. The minimum atomic E-state index is -0.175. The Labute approximate surface area is 91.2 Å². The minimum absolute atomic E-state index is 0.0935. The predicted molar refractivity (Wildman–Crippen MR) is 56.4 cm³/mol. The Balaban J connectivity index is 2.38. The molecule has 1 aliphatic heterocycles. The van der Waals surface area contributed by atoms with E-state index in [1.54, 1.807) is 0 Å². The maximum absolute atomic E-state index is 11.5. The Morgan fingerprint density at radius 2 is 2.27 bits per heavy atom. The lowest BCUT2D eigenvalue weighted by molar-refractivity contribution is -0.117. The van der Waals surface area contributed by atoms with Crippen molar-refractivity contribution in [2.75, 3.05) is 17.2 Å². The molecule has 0 spiro atoms. The molecule has 4 N–H and O–H groups in total. The Morgan fingerprint density at radius 1 is 1.53 bits per heavy atom. The summed E-state index contributed by atoms with van der Waals surface area (Å²) in [5, 5.41) is 0.147. The molecular weight excluding hydrogens is 218 g/mol. The van der Waals surface area contributed by atoms with E-state index in [-0.39, 0.29) is 22.8 Å². The Hall–Kier alpha value is -1.40. The molecule has 1 saturated heterocycles. The van der Waals surface area contributed by atoms with E-state index in [1.807, 2.05) is 0 Å². The van der Waals surface area contributed by atoms with Gasteiger partial charge in [0.1, 0.15) is 12.0 Å². The molecule has 2 rings (SSSR count). The van der Waals surface area contributed by atoms with Crippen LogP contribution in [0.1, 0.15) is 6.42 Å². The SMILES string of the molecule is Nc1c(Cl)ncnc1N1CC(N)CC1=O. The van der Waals surface area contributed by atoms with Crippen LogP contribution in [0.5, 0.6) is 0 Å². The molecule has 0 radical (unpaired) electrons. The van der Waals surface area contributed by atoms with E-state index < -0.39 is 0 Å². The molecule has 1 aromatic heterocycles. The molecule has 1 aromatic rings. The molecule has 7 heteroatoms. The van der Waals surface area contributed by atoms with Crippen LogP contribution in [0.3, 0.4) is 0 Å². The first kappa shape index (κ1) is 10.1. The summed E-state index contributed by atoms with van der Waals surface area (Å²) in [4.78, 5) is 20.6. The van der Waals surface area contributed by atoms with E-state index in [4.69, 9.17) is 23.1 Å². The van der Waals surface area contributed by atoms with Gasteiger partial charge in [-0.2, -0.15) is 0 Å². The van der Waals surface area contributed by atoms with Gasteiger partial charge < -0.3 is 11.5 Å². The third-order valence-corrected chi connectivity index (χ3v) is 2.53. The second-order valence-electron chi connectivity index (χ2n) is 3.37. The molecule has 15 heavy (non-hydrogen) atoms. The van der Waals surface area contributed by atoms with Crippen molar-refractivity contribution in [3.63, 3.8) is 0 Å². The van der Waals surface area contributed by atoms with Crippen LogP contribution in [-0.2, 0) is 4.79 Å². The molecule has 0 saturated carbocycles. The van der Waals surface area contributed by atoms with Gasteiger partial charge >= 0.3 is 0 Å². The number of carbonyl (C=O) groups is 1. The molecule has 2 heterocycles. The fraction of sp³-hybridized carbons (Fsp3) is 0.375. The molecule has 1 unspecified atom stereocenters. The van der Waals surface area contributed by atoms with Crippen LogP contribution in [-0.4, -0.2) is 28.5 Å². The van der Waals surface area contributed by atoms with Gasteiger partial charge in [-0.3, -0.25) is 9.69 Å². The molecule has 0 bridgehead atoms. The maximum atomic E-state index is 11.5. The number of nitrogens with zero attached hydrogens (tertiary/aromatic N) is 3. The van der Waals surface area contributed by atoms with E-state index in [2.05, 4.69) is 9.97 Å². The summed E-state index contributed by atoms with van der Waals surface area (Å²) in [6.45, 7) is 0.413. The Bertz CT molecular complexity index is 410. The number of amides is 1. The van der Waals surface area contributed by atoms with Crippen LogP contribution in [0, 0.1) is 0 Å². The third kappa shape index (κ3) is 1.73. The van der Waals surface area contributed by atoms with Gasteiger partial charge in [0, 0.05) is 19.0 Å². The summed E-state index contributed by atoms with van der Waals surface area (Å²) in [5.41, 5.74) is 11.5. The van der Waals surface area contributed by atoms with Gasteiger partial charge in [-0.15, -0.1) is 0 Å². The highest BCUT2D eigenvalue weighted by Crippen LogP contribution is 2.28. The zero-order chi connectivity index (χ0) is 11.0. The van der Waals surface area contributed by atoms with Crippen molar-refractivity contribution in [1.82, 2.24) is 9.97 Å². The van der Waals surface area contributed by atoms with Crippen molar-refractivity contribution in [2.24, 2.45) is 5.73 Å². The molecule has 1 aliphatic rings. The molecule has 0 aromatic carbocycles. The summed E-state index contributed by atoms with van der Waals surface area (Å²) < 4.78 is 0. The number of carbonyl (C=O) groups excluding carboxylic acids is 1. The smallest absolute Gasteiger partial charge is 0.229 e. The van der Waals surface area contributed by atoms with Crippen LogP contribution in [0.2, 0.25) is 5.15 Å².